The van der Waals surface area contributed by atoms with Crippen molar-refractivity contribution >= 4 is 5.91 Å². The van der Waals surface area contributed by atoms with E-state index in [1.54, 1.807) is 6.92 Å². The maximum Gasteiger partial charge on any atom is 0.390 e. The number of nitrogens with zero attached hydrogens (tertiary/aromatic N) is 2. The second-order valence-corrected chi connectivity index (χ2v) is 4.82. The van der Waals surface area contributed by atoms with Crippen molar-refractivity contribution in [3.05, 3.63) is 18.2 Å². The Balaban J connectivity index is 2.60. The number of primary amides is 1. The Hall–Kier alpha value is -1.57. The van der Waals surface area contributed by atoms with Gasteiger partial charge in [0, 0.05) is 25.4 Å². The summed E-state index contributed by atoms with van der Waals surface area (Å²) in [4.78, 5) is 14.7. The molecule has 0 fully saturated rings. The summed E-state index contributed by atoms with van der Waals surface area (Å²) < 4.78 is 38.0. The van der Waals surface area contributed by atoms with Crippen LogP contribution in [0.3, 0.4) is 0 Å². The number of alkyl halides is 3. The SMILES string of the molecule is C[C@H](Cc1nccn1CCC(F)(F)F)[C@@H](O)CC(N)=O. The summed E-state index contributed by atoms with van der Waals surface area (Å²) in [5.41, 5.74) is 4.99. The molecule has 0 saturated heterocycles. The average Bonchev–Trinajstić information content (AvgIpc) is 2.71. The van der Waals surface area contributed by atoms with Crippen LogP contribution < -0.4 is 5.73 Å². The van der Waals surface area contributed by atoms with Gasteiger partial charge >= 0.3 is 6.18 Å². The smallest absolute Gasteiger partial charge is 0.390 e. The first-order chi connectivity index (χ1) is 9.19. The summed E-state index contributed by atoms with van der Waals surface area (Å²) in [6.45, 7) is 1.48. The van der Waals surface area contributed by atoms with Crippen LogP contribution in [-0.2, 0) is 17.8 Å². The number of hydrogen-bond acceptors (Lipinski definition) is 3. The van der Waals surface area contributed by atoms with Crippen molar-refractivity contribution in [3.63, 3.8) is 0 Å². The molecule has 0 aromatic carbocycles. The van der Waals surface area contributed by atoms with E-state index in [0.29, 0.717) is 5.82 Å². The number of aryl methyl sites for hydroxylation is 1. The van der Waals surface area contributed by atoms with E-state index in [1.807, 2.05) is 0 Å². The number of aliphatic hydroxyl groups is 1. The van der Waals surface area contributed by atoms with Crippen molar-refractivity contribution < 1.29 is 23.1 Å². The Morgan fingerprint density at radius 2 is 2.20 bits per heavy atom. The lowest BCUT2D eigenvalue weighted by atomic mass is 9.98. The lowest BCUT2D eigenvalue weighted by molar-refractivity contribution is -0.136. The highest BCUT2D eigenvalue weighted by Gasteiger charge is 2.27. The first-order valence-electron chi connectivity index (χ1n) is 6.22. The second kappa shape index (κ2) is 6.74. The number of aromatic nitrogens is 2. The first kappa shape index (κ1) is 16.5. The van der Waals surface area contributed by atoms with Crippen LogP contribution in [0.1, 0.15) is 25.6 Å². The van der Waals surface area contributed by atoms with E-state index in [0.717, 1.165) is 0 Å². The molecule has 1 heterocycles. The van der Waals surface area contributed by atoms with Crippen LogP contribution in [0.4, 0.5) is 13.2 Å². The van der Waals surface area contributed by atoms with E-state index in [9.17, 15) is 23.1 Å². The van der Waals surface area contributed by atoms with Gasteiger partial charge in [0.25, 0.3) is 0 Å². The third-order valence-corrected chi connectivity index (χ3v) is 3.01. The monoisotopic (exact) mass is 293 g/mol. The van der Waals surface area contributed by atoms with E-state index in [2.05, 4.69) is 4.98 Å². The number of imidazole rings is 1. The molecule has 1 aromatic rings. The third-order valence-electron chi connectivity index (χ3n) is 3.01. The van der Waals surface area contributed by atoms with Gasteiger partial charge in [0.1, 0.15) is 5.82 Å². The molecule has 1 rings (SSSR count). The van der Waals surface area contributed by atoms with Gasteiger partial charge < -0.3 is 15.4 Å². The van der Waals surface area contributed by atoms with E-state index < -0.39 is 24.6 Å². The largest absolute Gasteiger partial charge is 0.392 e. The average molecular weight is 293 g/mol. The fourth-order valence-corrected chi connectivity index (χ4v) is 1.81. The van der Waals surface area contributed by atoms with Gasteiger partial charge in [0.2, 0.25) is 5.91 Å². The lowest BCUT2D eigenvalue weighted by Crippen LogP contribution is -2.27. The molecule has 5 nitrogen and oxygen atoms in total. The predicted molar refractivity (Wildman–Crippen MR) is 65.6 cm³/mol. The molecule has 1 aromatic heterocycles. The van der Waals surface area contributed by atoms with E-state index in [1.165, 1.54) is 17.0 Å². The van der Waals surface area contributed by atoms with Gasteiger partial charge in [-0.15, -0.1) is 0 Å². The fraction of sp³-hybridized carbons (Fsp3) is 0.667. The minimum atomic E-state index is -4.22. The summed E-state index contributed by atoms with van der Waals surface area (Å²) in [5, 5.41) is 9.72. The number of carbonyl (C=O) groups excluding carboxylic acids is 1. The van der Waals surface area contributed by atoms with Gasteiger partial charge in [0.15, 0.2) is 0 Å². The minimum absolute atomic E-state index is 0.176. The molecule has 0 aliphatic rings. The van der Waals surface area contributed by atoms with E-state index in [4.69, 9.17) is 5.73 Å². The number of amides is 1. The minimum Gasteiger partial charge on any atom is -0.392 e. The molecular formula is C12H18F3N3O2. The van der Waals surface area contributed by atoms with Crippen LogP contribution in [0.5, 0.6) is 0 Å². The number of rotatable bonds is 7. The van der Waals surface area contributed by atoms with Crippen LogP contribution in [0.15, 0.2) is 12.4 Å². The molecule has 3 N–H and O–H groups in total. The number of carbonyl (C=O) groups is 1. The number of halogens is 3. The van der Waals surface area contributed by atoms with Crippen molar-refractivity contribution in [2.45, 2.75) is 45.0 Å². The molecular weight excluding hydrogens is 275 g/mol. The summed E-state index contributed by atoms with van der Waals surface area (Å²) in [7, 11) is 0. The van der Waals surface area contributed by atoms with Crippen LogP contribution >= 0.6 is 0 Å². The van der Waals surface area contributed by atoms with E-state index in [-0.39, 0.29) is 25.3 Å². The molecule has 2 atom stereocenters. The van der Waals surface area contributed by atoms with Crippen LogP contribution in [0, 0.1) is 5.92 Å². The van der Waals surface area contributed by atoms with Gasteiger partial charge in [-0.1, -0.05) is 6.92 Å². The molecule has 0 aliphatic carbocycles. The molecule has 0 unspecified atom stereocenters. The Morgan fingerprint density at radius 3 is 2.75 bits per heavy atom. The first-order valence-corrected chi connectivity index (χ1v) is 6.22. The third kappa shape index (κ3) is 5.60. The number of nitrogens with two attached hydrogens (primary N) is 1. The molecule has 1 amide bonds. The molecule has 20 heavy (non-hydrogen) atoms. The van der Waals surface area contributed by atoms with Crippen molar-refractivity contribution in [2.75, 3.05) is 0 Å². The number of aliphatic hydroxyl groups excluding tert-OH is 1. The zero-order valence-electron chi connectivity index (χ0n) is 11.1. The normalized spacial score (nSPS) is 15.1. The van der Waals surface area contributed by atoms with Gasteiger partial charge in [0.05, 0.1) is 18.9 Å². The zero-order valence-corrected chi connectivity index (χ0v) is 11.1. The summed E-state index contributed by atoms with van der Waals surface area (Å²) in [6.07, 6.45) is -3.11. The molecule has 8 heteroatoms. The molecule has 0 aliphatic heterocycles. The Kier molecular flexibility index (Phi) is 5.55. The van der Waals surface area contributed by atoms with Crippen LogP contribution in [-0.4, -0.2) is 32.8 Å². The van der Waals surface area contributed by atoms with Crippen LogP contribution in [0.2, 0.25) is 0 Å². The van der Waals surface area contributed by atoms with Crippen molar-refractivity contribution in [1.29, 1.82) is 0 Å². The Labute approximate surface area is 114 Å². The molecule has 0 radical (unpaired) electrons. The second-order valence-electron chi connectivity index (χ2n) is 4.82. The van der Waals surface area contributed by atoms with Gasteiger partial charge in [-0.25, -0.2) is 4.98 Å². The Morgan fingerprint density at radius 1 is 1.55 bits per heavy atom. The maximum absolute atomic E-state index is 12.2. The van der Waals surface area contributed by atoms with Gasteiger partial charge in [-0.05, 0) is 5.92 Å². The standard InChI is InChI=1S/C12H18F3N3O2/c1-8(9(19)7-10(16)20)6-11-17-3-5-18(11)4-2-12(13,14)15/h3,5,8-9,19H,2,4,6-7H2,1H3,(H2,16,20)/t8-,9+/m1/s1. The zero-order chi connectivity index (χ0) is 15.3. The van der Waals surface area contributed by atoms with Crippen molar-refractivity contribution in [2.24, 2.45) is 11.7 Å². The summed E-state index contributed by atoms with van der Waals surface area (Å²) in [6, 6.07) is 0. The van der Waals surface area contributed by atoms with Crippen molar-refractivity contribution in [1.82, 2.24) is 9.55 Å². The Bertz CT molecular complexity index is 445. The predicted octanol–water partition coefficient (Wildman–Crippen LogP) is 1.25. The lowest BCUT2D eigenvalue weighted by Gasteiger charge is -2.18. The van der Waals surface area contributed by atoms with Gasteiger partial charge in [-0.3, -0.25) is 4.79 Å². The fourth-order valence-electron chi connectivity index (χ4n) is 1.81. The summed E-state index contributed by atoms with van der Waals surface area (Å²) >= 11 is 0. The highest BCUT2D eigenvalue weighted by molar-refractivity contribution is 5.74. The molecule has 0 saturated carbocycles. The molecule has 0 bridgehead atoms. The quantitative estimate of drug-likeness (QED) is 0.794. The molecule has 114 valence electrons. The van der Waals surface area contributed by atoms with Crippen LogP contribution in [0.25, 0.3) is 0 Å². The topological polar surface area (TPSA) is 81.1 Å². The summed E-state index contributed by atoms with van der Waals surface area (Å²) in [5.74, 6) is -0.496. The number of hydrogen-bond donors (Lipinski definition) is 2. The van der Waals surface area contributed by atoms with Gasteiger partial charge in [-0.2, -0.15) is 13.2 Å². The highest BCUT2D eigenvalue weighted by Crippen LogP contribution is 2.21. The van der Waals surface area contributed by atoms with Crippen molar-refractivity contribution in [3.8, 4) is 0 Å². The maximum atomic E-state index is 12.2. The molecule has 0 spiro atoms. The van der Waals surface area contributed by atoms with E-state index >= 15 is 0 Å². The highest BCUT2D eigenvalue weighted by atomic mass is 19.4.